The average Bonchev–Trinajstić information content (AvgIpc) is 2.46. The van der Waals surface area contributed by atoms with E-state index in [0.29, 0.717) is 5.92 Å². The molecule has 0 aliphatic rings. The summed E-state index contributed by atoms with van der Waals surface area (Å²) in [5, 5.41) is 0. The zero-order valence-electron chi connectivity index (χ0n) is 11.6. The average molecular weight is 329 g/mol. The second-order valence-electron chi connectivity index (χ2n) is 5.03. The molecule has 2 rings (SSSR count). The molecule has 0 saturated carbocycles. The zero-order valence-corrected chi connectivity index (χ0v) is 13.2. The van der Waals surface area contributed by atoms with Crippen molar-refractivity contribution in [1.82, 2.24) is 0 Å². The van der Waals surface area contributed by atoms with Crippen molar-refractivity contribution in [1.29, 1.82) is 0 Å². The van der Waals surface area contributed by atoms with Crippen molar-refractivity contribution in [2.24, 2.45) is 0 Å². The third-order valence-electron chi connectivity index (χ3n) is 3.16. The van der Waals surface area contributed by atoms with Gasteiger partial charge in [-0.05, 0) is 35.3 Å². The minimum absolute atomic E-state index is 0.0308. The largest absolute Gasteiger partial charge is 0.289 e. The number of carbonyl (C=O) groups is 1. The molecule has 2 aromatic rings. The topological polar surface area (TPSA) is 17.1 Å². The minimum Gasteiger partial charge on any atom is -0.289 e. The van der Waals surface area contributed by atoms with Crippen LogP contribution < -0.4 is 0 Å². The Bertz CT molecular complexity index is 607. The highest BCUT2D eigenvalue weighted by molar-refractivity contribution is 9.10. The SMILES string of the molecule is CC(C)c1ccc(C(=O)C=Cc2ccc(Br)cc2)cc1. The molecule has 0 unspecified atom stereocenters. The standard InChI is InChI=1S/C18H17BrO/c1-13(2)15-6-8-16(9-7-15)18(20)12-5-14-3-10-17(19)11-4-14/h3-13H,1-2H3. The molecule has 2 aromatic carbocycles. The summed E-state index contributed by atoms with van der Waals surface area (Å²) in [5.41, 5.74) is 2.99. The highest BCUT2D eigenvalue weighted by Gasteiger charge is 2.03. The fourth-order valence-electron chi connectivity index (χ4n) is 1.87. The van der Waals surface area contributed by atoms with Crippen LogP contribution in [0.4, 0.5) is 0 Å². The highest BCUT2D eigenvalue weighted by Crippen LogP contribution is 2.16. The number of halogens is 1. The van der Waals surface area contributed by atoms with Gasteiger partial charge in [-0.15, -0.1) is 0 Å². The van der Waals surface area contributed by atoms with Crippen molar-refractivity contribution < 1.29 is 4.79 Å². The lowest BCUT2D eigenvalue weighted by atomic mass is 10.0. The summed E-state index contributed by atoms with van der Waals surface area (Å²) < 4.78 is 1.03. The molecule has 0 fully saturated rings. The molecular weight excluding hydrogens is 312 g/mol. The Morgan fingerprint density at radius 1 is 1.00 bits per heavy atom. The molecular formula is C18H17BrO. The van der Waals surface area contributed by atoms with Crippen LogP contribution in [0.1, 0.15) is 41.3 Å². The third kappa shape index (κ3) is 3.91. The Kier molecular flexibility index (Phi) is 4.91. The lowest BCUT2D eigenvalue weighted by molar-refractivity contribution is 0.104. The summed E-state index contributed by atoms with van der Waals surface area (Å²) in [6.07, 6.45) is 3.46. The molecule has 0 saturated heterocycles. The van der Waals surface area contributed by atoms with Gasteiger partial charge in [-0.2, -0.15) is 0 Å². The highest BCUT2D eigenvalue weighted by atomic mass is 79.9. The fourth-order valence-corrected chi connectivity index (χ4v) is 2.14. The number of hydrogen-bond acceptors (Lipinski definition) is 1. The molecule has 0 N–H and O–H groups in total. The second-order valence-corrected chi connectivity index (χ2v) is 5.94. The maximum Gasteiger partial charge on any atom is 0.185 e. The first-order valence-corrected chi connectivity index (χ1v) is 7.43. The molecule has 0 aromatic heterocycles. The van der Waals surface area contributed by atoms with Gasteiger partial charge in [0.2, 0.25) is 0 Å². The summed E-state index contributed by atoms with van der Waals surface area (Å²) in [6.45, 7) is 4.29. The van der Waals surface area contributed by atoms with Gasteiger partial charge in [-0.25, -0.2) is 0 Å². The van der Waals surface area contributed by atoms with E-state index in [2.05, 4.69) is 29.8 Å². The zero-order chi connectivity index (χ0) is 14.5. The van der Waals surface area contributed by atoms with E-state index in [4.69, 9.17) is 0 Å². The van der Waals surface area contributed by atoms with Gasteiger partial charge in [-0.1, -0.05) is 72.3 Å². The van der Waals surface area contributed by atoms with Gasteiger partial charge in [0.25, 0.3) is 0 Å². The first-order valence-electron chi connectivity index (χ1n) is 6.64. The second kappa shape index (κ2) is 6.67. The molecule has 0 amide bonds. The molecule has 0 heterocycles. The van der Waals surface area contributed by atoms with Crippen molar-refractivity contribution in [2.75, 3.05) is 0 Å². The predicted molar refractivity (Wildman–Crippen MR) is 88.0 cm³/mol. The van der Waals surface area contributed by atoms with Gasteiger partial charge >= 0.3 is 0 Å². The number of rotatable bonds is 4. The smallest absolute Gasteiger partial charge is 0.185 e. The van der Waals surface area contributed by atoms with Gasteiger partial charge in [0.1, 0.15) is 0 Å². The Hall–Kier alpha value is -1.67. The van der Waals surface area contributed by atoms with E-state index in [1.54, 1.807) is 6.08 Å². The Balaban J connectivity index is 2.09. The van der Waals surface area contributed by atoms with Crippen LogP contribution in [0.25, 0.3) is 6.08 Å². The number of allylic oxidation sites excluding steroid dienone is 1. The summed E-state index contributed by atoms with van der Waals surface area (Å²) in [7, 11) is 0. The van der Waals surface area contributed by atoms with Crippen molar-refractivity contribution in [3.8, 4) is 0 Å². The van der Waals surface area contributed by atoms with Crippen LogP contribution in [-0.2, 0) is 0 Å². The van der Waals surface area contributed by atoms with Crippen molar-refractivity contribution in [3.05, 3.63) is 75.8 Å². The van der Waals surface area contributed by atoms with E-state index in [1.165, 1.54) is 5.56 Å². The number of carbonyl (C=O) groups excluding carboxylic acids is 1. The third-order valence-corrected chi connectivity index (χ3v) is 3.69. The lowest BCUT2D eigenvalue weighted by Gasteiger charge is -2.05. The number of benzene rings is 2. The minimum atomic E-state index is 0.0308. The van der Waals surface area contributed by atoms with E-state index < -0.39 is 0 Å². The maximum absolute atomic E-state index is 12.1. The predicted octanol–water partition coefficient (Wildman–Crippen LogP) is 5.47. The van der Waals surface area contributed by atoms with E-state index >= 15 is 0 Å². The first kappa shape index (κ1) is 14.7. The maximum atomic E-state index is 12.1. The molecule has 0 aliphatic heterocycles. The molecule has 102 valence electrons. The lowest BCUT2D eigenvalue weighted by Crippen LogP contribution is -1.95. The van der Waals surface area contributed by atoms with Crippen LogP contribution in [0, 0.1) is 0 Å². The molecule has 20 heavy (non-hydrogen) atoms. The van der Waals surface area contributed by atoms with Gasteiger partial charge in [-0.3, -0.25) is 4.79 Å². The molecule has 1 nitrogen and oxygen atoms in total. The van der Waals surface area contributed by atoms with E-state index in [0.717, 1.165) is 15.6 Å². The monoisotopic (exact) mass is 328 g/mol. The first-order chi connectivity index (χ1) is 9.56. The van der Waals surface area contributed by atoms with Crippen LogP contribution in [0.5, 0.6) is 0 Å². The molecule has 0 atom stereocenters. The number of hydrogen-bond donors (Lipinski definition) is 0. The summed E-state index contributed by atoms with van der Waals surface area (Å²) >= 11 is 3.39. The summed E-state index contributed by atoms with van der Waals surface area (Å²) in [6, 6.07) is 15.7. The van der Waals surface area contributed by atoms with Crippen molar-refractivity contribution in [3.63, 3.8) is 0 Å². The normalized spacial score (nSPS) is 11.2. The Morgan fingerprint density at radius 3 is 2.15 bits per heavy atom. The summed E-state index contributed by atoms with van der Waals surface area (Å²) in [4.78, 5) is 12.1. The van der Waals surface area contributed by atoms with Crippen LogP contribution in [0.2, 0.25) is 0 Å². The Morgan fingerprint density at radius 2 is 1.60 bits per heavy atom. The molecule has 0 radical (unpaired) electrons. The van der Waals surface area contributed by atoms with Gasteiger partial charge in [0, 0.05) is 10.0 Å². The molecule has 0 aliphatic carbocycles. The molecule has 0 spiro atoms. The Labute approximate surface area is 128 Å². The van der Waals surface area contributed by atoms with Gasteiger partial charge < -0.3 is 0 Å². The quantitative estimate of drug-likeness (QED) is 0.537. The fraction of sp³-hybridized carbons (Fsp3) is 0.167. The molecule has 0 bridgehead atoms. The van der Waals surface area contributed by atoms with E-state index in [1.807, 2.05) is 54.6 Å². The van der Waals surface area contributed by atoms with Crippen molar-refractivity contribution >= 4 is 27.8 Å². The van der Waals surface area contributed by atoms with Crippen molar-refractivity contribution in [2.45, 2.75) is 19.8 Å². The van der Waals surface area contributed by atoms with Crippen LogP contribution in [-0.4, -0.2) is 5.78 Å². The molecule has 2 heteroatoms. The number of ketones is 1. The summed E-state index contributed by atoms with van der Waals surface area (Å²) in [5.74, 6) is 0.515. The van der Waals surface area contributed by atoms with Crippen LogP contribution in [0.15, 0.2) is 59.1 Å². The van der Waals surface area contributed by atoms with Gasteiger partial charge in [0.15, 0.2) is 5.78 Å². The van der Waals surface area contributed by atoms with Crippen LogP contribution in [0.3, 0.4) is 0 Å². The van der Waals surface area contributed by atoms with Crippen LogP contribution >= 0.6 is 15.9 Å². The van der Waals surface area contributed by atoms with E-state index in [9.17, 15) is 4.79 Å². The van der Waals surface area contributed by atoms with Gasteiger partial charge in [0.05, 0.1) is 0 Å². The van der Waals surface area contributed by atoms with E-state index in [-0.39, 0.29) is 5.78 Å².